The summed E-state index contributed by atoms with van der Waals surface area (Å²) in [5.74, 6) is 1.61. The van der Waals surface area contributed by atoms with Crippen molar-refractivity contribution in [2.75, 3.05) is 26.3 Å². The fourth-order valence-corrected chi connectivity index (χ4v) is 3.96. The molecule has 3 unspecified atom stereocenters. The predicted molar refractivity (Wildman–Crippen MR) is 80.2 cm³/mol. The lowest BCUT2D eigenvalue weighted by Gasteiger charge is -2.48. The van der Waals surface area contributed by atoms with Gasteiger partial charge in [-0.3, -0.25) is 4.90 Å². The molecule has 1 aliphatic carbocycles. The summed E-state index contributed by atoms with van der Waals surface area (Å²) < 4.78 is 5.47. The molecule has 3 atom stereocenters. The van der Waals surface area contributed by atoms with Gasteiger partial charge < -0.3 is 10.5 Å². The van der Waals surface area contributed by atoms with Crippen molar-refractivity contribution in [1.29, 1.82) is 0 Å². The van der Waals surface area contributed by atoms with Crippen LogP contribution in [0.3, 0.4) is 0 Å². The van der Waals surface area contributed by atoms with Crippen molar-refractivity contribution in [3.05, 3.63) is 0 Å². The Morgan fingerprint density at radius 1 is 1.26 bits per heavy atom. The van der Waals surface area contributed by atoms with Crippen molar-refractivity contribution in [3.63, 3.8) is 0 Å². The minimum absolute atomic E-state index is 0.101. The summed E-state index contributed by atoms with van der Waals surface area (Å²) in [4.78, 5) is 2.54. The first-order valence-electron chi connectivity index (χ1n) is 8.14. The Kier molecular flexibility index (Phi) is 5.27. The molecule has 0 aromatic rings. The van der Waals surface area contributed by atoms with Gasteiger partial charge in [0.25, 0.3) is 0 Å². The summed E-state index contributed by atoms with van der Waals surface area (Å²) in [5, 5.41) is 0. The lowest BCUT2D eigenvalue weighted by Crippen LogP contribution is -2.61. The van der Waals surface area contributed by atoms with Gasteiger partial charge >= 0.3 is 0 Å². The van der Waals surface area contributed by atoms with Gasteiger partial charge in [0.15, 0.2) is 0 Å². The Morgan fingerprint density at radius 3 is 2.58 bits per heavy atom. The molecule has 1 heterocycles. The van der Waals surface area contributed by atoms with Crippen molar-refractivity contribution >= 4 is 0 Å². The highest BCUT2D eigenvalue weighted by atomic mass is 16.5. The molecule has 0 amide bonds. The fourth-order valence-electron chi connectivity index (χ4n) is 3.96. The van der Waals surface area contributed by atoms with Gasteiger partial charge in [0.2, 0.25) is 0 Å². The summed E-state index contributed by atoms with van der Waals surface area (Å²) in [6, 6.07) is 0.292. The van der Waals surface area contributed by atoms with E-state index in [-0.39, 0.29) is 5.54 Å². The molecule has 112 valence electrons. The molecule has 3 heteroatoms. The van der Waals surface area contributed by atoms with Crippen LogP contribution < -0.4 is 5.73 Å². The van der Waals surface area contributed by atoms with Gasteiger partial charge in [0, 0.05) is 24.7 Å². The van der Waals surface area contributed by atoms with Crippen LogP contribution >= 0.6 is 0 Å². The number of rotatable bonds is 4. The Labute approximate surface area is 118 Å². The van der Waals surface area contributed by atoms with E-state index in [0.717, 1.165) is 32.2 Å². The van der Waals surface area contributed by atoms with Crippen LogP contribution in [-0.2, 0) is 4.74 Å². The molecule has 2 rings (SSSR count). The lowest BCUT2D eigenvalue weighted by molar-refractivity contribution is -0.0295. The normalized spacial score (nSPS) is 32.2. The van der Waals surface area contributed by atoms with E-state index < -0.39 is 0 Å². The van der Waals surface area contributed by atoms with Gasteiger partial charge in [0.1, 0.15) is 0 Å². The van der Waals surface area contributed by atoms with E-state index in [4.69, 9.17) is 10.5 Å². The fraction of sp³-hybridized carbons (Fsp3) is 1.00. The highest BCUT2D eigenvalue weighted by Crippen LogP contribution is 2.36. The Balaban J connectivity index is 1.97. The number of nitrogens with two attached hydrogens (primary N) is 1. The number of hydrogen-bond acceptors (Lipinski definition) is 3. The minimum Gasteiger partial charge on any atom is -0.379 e. The first kappa shape index (κ1) is 15.3. The largest absolute Gasteiger partial charge is 0.379 e. The summed E-state index contributed by atoms with van der Waals surface area (Å²) >= 11 is 0. The smallest absolute Gasteiger partial charge is 0.0594 e. The average Bonchev–Trinajstić information content (AvgIpc) is 2.47. The van der Waals surface area contributed by atoms with Gasteiger partial charge in [-0.25, -0.2) is 0 Å². The molecule has 2 fully saturated rings. The van der Waals surface area contributed by atoms with E-state index in [0.29, 0.717) is 12.0 Å². The highest BCUT2D eigenvalue weighted by molar-refractivity contribution is 4.97. The predicted octanol–water partition coefficient (Wildman–Crippen LogP) is 2.64. The number of hydrogen-bond donors (Lipinski definition) is 1. The number of ether oxygens (including phenoxy) is 1. The molecule has 2 aliphatic rings. The molecule has 0 aromatic carbocycles. The topological polar surface area (TPSA) is 38.5 Å². The van der Waals surface area contributed by atoms with Crippen molar-refractivity contribution < 1.29 is 4.74 Å². The SMILES string of the molecule is CCC1CCCC(C(N)C(C)(C)N2CCOCC2)C1. The van der Waals surface area contributed by atoms with E-state index in [1.165, 1.54) is 32.1 Å². The first-order chi connectivity index (χ1) is 9.05. The van der Waals surface area contributed by atoms with Crippen LogP contribution in [0, 0.1) is 11.8 Å². The van der Waals surface area contributed by atoms with Crippen LogP contribution in [-0.4, -0.2) is 42.8 Å². The van der Waals surface area contributed by atoms with E-state index >= 15 is 0 Å². The molecule has 0 spiro atoms. The second-order valence-electron chi connectivity index (χ2n) is 6.98. The third kappa shape index (κ3) is 3.50. The summed E-state index contributed by atoms with van der Waals surface area (Å²) in [5.41, 5.74) is 6.79. The molecular weight excluding hydrogens is 236 g/mol. The van der Waals surface area contributed by atoms with Crippen molar-refractivity contribution in [3.8, 4) is 0 Å². The van der Waals surface area contributed by atoms with Crippen molar-refractivity contribution in [2.24, 2.45) is 17.6 Å². The number of nitrogens with zero attached hydrogens (tertiary/aromatic N) is 1. The zero-order valence-corrected chi connectivity index (χ0v) is 13.0. The van der Waals surface area contributed by atoms with E-state index in [9.17, 15) is 0 Å². The third-order valence-electron chi connectivity index (χ3n) is 5.55. The van der Waals surface area contributed by atoms with Crippen LogP contribution in [0.5, 0.6) is 0 Å². The van der Waals surface area contributed by atoms with Crippen LogP contribution in [0.2, 0.25) is 0 Å². The molecule has 0 bridgehead atoms. The second kappa shape index (κ2) is 6.55. The Morgan fingerprint density at radius 2 is 1.95 bits per heavy atom. The van der Waals surface area contributed by atoms with Gasteiger partial charge in [0.05, 0.1) is 13.2 Å². The summed E-state index contributed by atoms with van der Waals surface area (Å²) in [6.07, 6.45) is 6.77. The minimum atomic E-state index is 0.101. The Bertz CT molecular complexity index is 274. The van der Waals surface area contributed by atoms with Gasteiger partial charge in [-0.1, -0.05) is 26.2 Å². The zero-order valence-electron chi connectivity index (χ0n) is 13.0. The molecule has 1 saturated heterocycles. The third-order valence-corrected chi connectivity index (χ3v) is 5.55. The van der Waals surface area contributed by atoms with Crippen LogP contribution in [0.1, 0.15) is 52.9 Å². The molecule has 0 aromatic heterocycles. The quantitative estimate of drug-likeness (QED) is 0.852. The zero-order chi connectivity index (χ0) is 13.9. The molecule has 2 N–H and O–H groups in total. The monoisotopic (exact) mass is 268 g/mol. The first-order valence-corrected chi connectivity index (χ1v) is 8.14. The molecule has 1 saturated carbocycles. The second-order valence-corrected chi connectivity index (χ2v) is 6.98. The van der Waals surface area contributed by atoms with Crippen molar-refractivity contribution in [1.82, 2.24) is 4.90 Å². The maximum Gasteiger partial charge on any atom is 0.0594 e. The molecule has 19 heavy (non-hydrogen) atoms. The summed E-state index contributed by atoms with van der Waals surface area (Å²) in [7, 11) is 0. The molecule has 1 aliphatic heterocycles. The van der Waals surface area contributed by atoms with E-state index in [1.54, 1.807) is 0 Å². The molecule has 3 nitrogen and oxygen atoms in total. The van der Waals surface area contributed by atoms with Gasteiger partial charge in [-0.05, 0) is 38.5 Å². The van der Waals surface area contributed by atoms with Crippen LogP contribution in [0.15, 0.2) is 0 Å². The van der Waals surface area contributed by atoms with E-state index in [2.05, 4.69) is 25.7 Å². The van der Waals surface area contributed by atoms with Gasteiger partial charge in [-0.2, -0.15) is 0 Å². The average molecular weight is 268 g/mol. The maximum atomic E-state index is 6.69. The Hall–Kier alpha value is -0.120. The lowest BCUT2D eigenvalue weighted by atomic mass is 9.72. The van der Waals surface area contributed by atoms with E-state index in [1.807, 2.05) is 0 Å². The van der Waals surface area contributed by atoms with Gasteiger partial charge in [-0.15, -0.1) is 0 Å². The maximum absolute atomic E-state index is 6.69. The molecular formula is C16H32N2O. The molecule has 0 radical (unpaired) electrons. The summed E-state index contributed by atoms with van der Waals surface area (Å²) in [6.45, 7) is 10.8. The van der Waals surface area contributed by atoms with Crippen molar-refractivity contribution in [2.45, 2.75) is 64.5 Å². The standard InChI is InChI=1S/C16H32N2O/c1-4-13-6-5-7-14(12-13)15(17)16(2,3)18-8-10-19-11-9-18/h13-15H,4-12,17H2,1-3H3. The van der Waals surface area contributed by atoms with Crippen LogP contribution in [0.25, 0.3) is 0 Å². The van der Waals surface area contributed by atoms with Crippen LogP contribution in [0.4, 0.5) is 0 Å². The number of morpholine rings is 1. The highest BCUT2D eigenvalue weighted by Gasteiger charge is 2.39.